The second-order valence-electron chi connectivity index (χ2n) is 7.98. The zero-order valence-electron chi connectivity index (χ0n) is 16.5. The van der Waals surface area contributed by atoms with Crippen LogP contribution in [-0.2, 0) is 14.4 Å². The molecule has 3 amide bonds. The predicted molar refractivity (Wildman–Crippen MR) is 110 cm³/mol. The van der Waals surface area contributed by atoms with E-state index in [1.54, 1.807) is 18.0 Å². The summed E-state index contributed by atoms with van der Waals surface area (Å²) >= 11 is 0. The number of rotatable bonds is 3. The fourth-order valence-electron chi connectivity index (χ4n) is 5.12. The molecular formula is C22H18N4O5. The summed E-state index contributed by atoms with van der Waals surface area (Å²) in [4.78, 5) is 52.7. The first-order valence-electron chi connectivity index (χ1n) is 9.78. The summed E-state index contributed by atoms with van der Waals surface area (Å²) in [5.41, 5.74) is 8.03. The van der Waals surface area contributed by atoms with Gasteiger partial charge >= 0.3 is 0 Å². The van der Waals surface area contributed by atoms with E-state index in [0.29, 0.717) is 5.56 Å². The summed E-state index contributed by atoms with van der Waals surface area (Å²) in [6.07, 6.45) is 3.57. The molecule has 0 saturated carbocycles. The third-order valence-corrected chi connectivity index (χ3v) is 6.39. The van der Waals surface area contributed by atoms with Crippen LogP contribution in [0.2, 0.25) is 0 Å². The van der Waals surface area contributed by atoms with Crippen LogP contribution in [-0.4, -0.2) is 33.6 Å². The Balaban J connectivity index is 1.63. The quantitative estimate of drug-likeness (QED) is 0.461. The average molecular weight is 418 g/mol. The molecule has 0 unspecified atom stereocenters. The van der Waals surface area contributed by atoms with Crippen LogP contribution in [0, 0.1) is 28.9 Å². The zero-order valence-corrected chi connectivity index (χ0v) is 16.5. The molecule has 3 heterocycles. The number of primary amides is 1. The van der Waals surface area contributed by atoms with E-state index in [-0.39, 0.29) is 11.4 Å². The van der Waals surface area contributed by atoms with Crippen LogP contribution in [0.25, 0.3) is 6.08 Å². The van der Waals surface area contributed by atoms with Gasteiger partial charge in [0.25, 0.3) is 5.69 Å². The van der Waals surface area contributed by atoms with Gasteiger partial charge in [-0.25, -0.2) is 4.90 Å². The molecule has 9 heteroatoms. The van der Waals surface area contributed by atoms with Crippen molar-refractivity contribution in [1.82, 2.24) is 4.90 Å². The van der Waals surface area contributed by atoms with Crippen LogP contribution < -0.4 is 10.6 Å². The van der Waals surface area contributed by atoms with E-state index in [2.05, 4.69) is 0 Å². The lowest BCUT2D eigenvalue weighted by Crippen LogP contribution is -2.47. The summed E-state index contributed by atoms with van der Waals surface area (Å²) in [5, 5.41) is 11.1. The van der Waals surface area contributed by atoms with E-state index in [9.17, 15) is 24.5 Å². The Hall–Kier alpha value is -4.01. The van der Waals surface area contributed by atoms with E-state index in [1.807, 2.05) is 30.3 Å². The molecule has 5 rings (SSSR count). The van der Waals surface area contributed by atoms with Gasteiger partial charge in [0.05, 0.1) is 28.5 Å². The lowest BCUT2D eigenvalue weighted by molar-refractivity contribution is -0.384. The molecule has 3 aliphatic heterocycles. The van der Waals surface area contributed by atoms with E-state index >= 15 is 0 Å². The molecule has 2 fully saturated rings. The third-order valence-electron chi connectivity index (χ3n) is 6.39. The molecular weight excluding hydrogens is 400 g/mol. The Morgan fingerprint density at radius 1 is 1.10 bits per heavy atom. The lowest BCUT2D eigenvalue weighted by atomic mass is 9.84. The fourth-order valence-corrected chi connectivity index (χ4v) is 5.12. The molecule has 9 nitrogen and oxygen atoms in total. The van der Waals surface area contributed by atoms with Crippen LogP contribution in [0.5, 0.6) is 0 Å². The molecule has 0 radical (unpaired) electrons. The van der Waals surface area contributed by atoms with Gasteiger partial charge in [-0.1, -0.05) is 24.3 Å². The minimum absolute atomic E-state index is 0.131. The highest BCUT2D eigenvalue weighted by atomic mass is 16.6. The van der Waals surface area contributed by atoms with Gasteiger partial charge in [0.1, 0.15) is 6.04 Å². The molecule has 4 atom stereocenters. The van der Waals surface area contributed by atoms with Crippen LogP contribution >= 0.6 is 0 Å². The third kappa shape index (κ3) is 2.52. The minimum atomic E-state index is -0.959. The topological polar surface area (TPSA) is 127 Å². The van der Waals surface area contributed by atoms with E-state index < -0.39 is 46.6 Å². The van der Waals surface area contributed by atoms with Gasteiger partial charge in [0.2, 0.25) is 17.7 Å². The number of imide groups is 1. The Bertz CT molecular complexity index is 1210. The summed E-state index contributed by atoms with van der Waals surface area (Å²) < 4.78 is 0. The van der Waals surface area contributed by atoms with Gasteiger partial charge in [-0.15, -0.1) is 0 Å². The number of nitrogens with zero attached hydrogens (tertiary/aromatic N) is 3. The Kier molecular flexibility index (Phi) is 3.98. The highest BCUT2D eigenvalue weighted by molar-refractivity contribution is 6.24. The fraction of sp³-hybridized carbons (Fsp3) is 0.227. The van der Waals surface area contributed by atoms with Gasteiger partial charge in [0, 0.05) is 18.3 Å². The largest absolute Gasteiger partial charge is 0.368 e. The molecule has 2 aromatic rings. The van der Waals surface area contributed by atoms with Crippen molar-refractivity contribution in [3.8, 4) is 0 Å². The molecule has 0 aliphatic carbocycles. The maximum Gasteiger partial charge on any atom is 0.269 e. The monoisotopic (exact) mass is 418 g/mol. The minimum Gasteiger partial charge on any atom is -0.368 e. The van der Waals surface area contributed by atoms with E-state index in [0.717, 1.165) is 16.0 Å². The molecule has 2 N–H and O–H groups in total. The van der Waals surface area contributed by atoms with Crippen molar-refractivity contribution >= 4 is 35.2 Å². The van der Waals surface area contributed by atoms with Crippen LogP contribution in [0.3, 0.4) is 0 Å². The number of fused-ring (bicyclic) bond motifs is 5. The molecule has 2 aromatic carbocycles. The first-order chi connectivity index (χ1) is 14.8. The average Bonchev–Trinajstić information content (AvgIpc) is 3.21. The number of carbonyl (C=O) groups excluding carboxylic acids is 3. The molecule has 31 heavy (non-hydrogen) atoms. The summed E-state index contributed by atoms with van der Waals surface area (Å²) in [7, 11) is 0. The first-order valence-corrected chi connectivity index (χ1v) is 9.78. The molecule has 156 valence electrons. The van der Waals surface area contributed by atoms with E-state index in [4.69, 9.17) is 5.73 Å². The van der Waals surface area contributed by atoms with Crippen LogP contribution in [0.4, 0.5) is 11.4 Å². The van der Waals surface area contributed by atoms with Crippen molar-refractivity contribution in [2.45, 2.75) is 19.0 Å². The standard InChI is InChI=1S/C22H18N4O5/c1-11-10-13(26(30)31)6-7-15(11)25-21(28)16-17(22(25)29)19(20(23)27)24-9-8-12-4-2-3-5-14(12)18(16)24/h2-10,16-19H,1H3,(H2,23,27)/t16-,17+,18-,19+/m0/s1. The molecule has 0 spiro atoms. The van der Waals surface area contributed by atoms with Gasteiger partial charge < -0.3 is 10.6 Å². The molecule has 2 saturated heterocycles. The predicted octanol–water partition coefficient (Wildman–Crippen LogP) is 1.90. The summed E-state index contributed by atoms with van der Waals surface area (Å²) in [6.45, 7) is 1.60. The number of nitrogens with two attached hydrogens (primary N) is 1. The first kappa shape index (κ1) is 19.0. The maximum atomic E-state index is 13.6. The second-order valence-corrected chi connectivity index (χ2v) is 7.98. The highest BCUT2D eigenvalue weighted by Crippen LogP contribution is 2.53. The van der Waals surface area contributed by atoms with Crippen LogP contribution in [0.15, 0.2) is 48.7 Å². The zero-order chi connectivity index (χ0) is 22.0. The van der Waals surface area contributed by atoms with E-state index in [1.165, 1.54) is 18.2 Å². The van der Waals surface area contributed by atoms with Crippen molar-refractivity contribution in [2.75, 3.05) is 4.90 Å². The summed E-state index contributed by atoms with van der Waals surface area (Å²) in [6, 6.07) is 10.0. The number of aryl methyl sites for hydroxylation is 1. The lowest BCUT2D eigenvalue weighted by Gasteiger charge is -2.34. The van der Waals surface area contributed by atoms with Crippen molar-refractivity contribution in [2.24, 2.45) is 17.6 Å². The number of benzene rings is 2. The smallest absolute Gasteiger partial charge is 0.269 e. The second kappa shape index (κ2) is 6.49. The number of nitro groups is 1. The molecule has 0 aromatic heterocycles. The normalized spacial score (nSPS) is 26.0. The molecule has 0 bridgehead atoms. The Labute approximate surface area is 176 Å². The van der Waals surface area contributed by atoms with Crippen molar-refractivity contribution in [3.05, 3.63) is 75.5 Å². The Morgan fingerprint density at radius 2 is 1.81 bits per heavy atom. The highest BCUT2D eigenvalue weighted by Gasteiger charge is 2.64. The van der Waals surface area contributed by atoms with Gasteiger partial charge in [-0.3, -0.25) is 24.5 Å². The number of amides is 3. The number of nitro benzene ring substituents is 1. The van der Waals surface area contributed by atoms with Gasteiger partial charge in [-0.2, -0.15) is 0 Å². The summed E-state index contributed by atoms with van der Waals surface area (Å²) in [5.74, 6) is -3.34. The van der Waals surface area contributed by atoms with Crippen LogP contribution in [0.1, 0.15) is 22.7 Å². The SMILES string of the molecule is Cc1cc([N+](=O)[O-])ccc1N1C(=O)[C@@H]2[C@H](C1=O)[C@@H]1c3ccccc3C=CN1[C@H]2C(N)=O. The van der Waals surface area contributed by atoms with Gasteiger partial charge in [0.15, 0.2) is 0 Å². The van der Waals surface area contributed by atoms with Crippen molar-refractivity contribution in [3.63, 3.8) is 0 Å². The number of carbonyl (C=O) groups is 3. The number of hydrogen-bond donors (Lipinski definition) is 1. The maximum absolute atomic E-state index is 13.6. The number of hydrogen-bond acceptors (Lipinski definition) is 6. The Morgan fingerprint density at radius 3 is 2.48 bits per heavy atom. The van der Waals surface area contributed by atoms with Gasteiger partial charge in [-0.05, 0) is 35.8 Å². The van der Waals surface area contributed by atoms with Crippen molar-refractivity contribution < 1.29 is 19.3 Å². The number of anilines is 1. The number of non-ortho nitro benzene ring substituents is 1. The van der Waals surface area contributed by atoms with Crippen molar-refractivity contribution in [1.29, 1.82) is 0 Å². The molecule has 3 aliphatic rings.